The molecule has 0 amide bonds. The zero-order valence-corrected chi connectivity index (χ0v) is 12.1. The molecule has 3 rings (SSSR count). The monoisotopic (exact) mass is 290 g/mol. The third-order valence-electron chi connectivity index (χ3n) is 3.68. The second kappa shape index (κ2) is 4.90. The minimum atomic E-state index is -0.337. The highest BCUT2D eigenvalue weighted by Crippen LogP contribution is 2.34. The third-order valence-corrected chi connectivity index (χ3v) is 4.01. The molecule has 2 unspecified atom stereocenters. The predicted molar refractivity (Wildman–Crippen MR) is 77.5 cm³/mol. The van der Waals surface area contributed by atoms with Crippen LogP contribution in [0.3, 0.4) is 0 Å². The van der Waals surface area contributed by atoms with Crippen molar-refractivity contribution in [2.75, 3.05) is 6.54 Å². The van der Waals surface area contributed by atoms with Gasteiger partial charge in [-0.2, -0.15) is 5.10 Å². The van der Waals surface area contributed by atoms with Gasteiger partial charge in [-0.3, -0.25) is 14.8 Å². The maximum atomic E-state index is 12.6. The number of pyridine rings is 1. The number of rotatable bonds is 2. The number of halogens is 1. The molecule has 0 aromatic carbocycles. The minimum Gasteiger partial charge on any atom is -0.354 e. The maximum absolute atomic E-state index is 12.6. The van der Waals surface area contributed by atoms with Crippen molar-refractivity contribution in [3.05, 3.63) is 40.9 Å². The maximum Gasteiger partial charge on any atom is 0.190 e. The number of aromatic nitrogens is 1. The molecule has 3 heterocycles. The summed E-state index contributed by atoms with van der Waals surface area (Å²) in [5.41, 5.74) is 2.84. The lowest BCUT2D eigenvalue weighted by Gasteiger charge is -2.25. The molecule has 1 N–H and O–H groups in total. The summed E-state index contributed by atoms with van der Waals surface area (Å²) in [6, 6.07) is 5.48. The fraction of sp³-hybridized carbons (Fsp3) is 0.357. The van der Waals surface area contributed by atoms with E-state index in [1.807, 2.05) is 26.0 Å². The number of nitrogens with zero attached hydrogens (tertiary/aromatic N) is 3. The van der Waals surface area contributed by atoms with Crippen molar-refractivity contribution in [2.45, 2.75) is 19.3 Å². The number of carbonyl (C=O) groups excluding carboxylic acids is 1. The molecule has 0 bridgehead atoms. The number of hydrazone groups is 1. The number of fused-ring (bicyclic) bond motifs is 1. The van der Waals surface area contributed by atoms with Gasteiger partial charge in [-0.05, 0) is 31.6 Å². The van der Waals surface area contributed by atoms with Crippen molar-refractivity contribution >= 4 is 23.7 Å². The molecule has 0 saturated carbocycles. The molecular weight excluding hydrogens is 276 g/mol. The molecule has 0 fully saturated rings. The van der Waals surface area contributed by atoms with Gasteiger partial charge in [-0.1, -0.05) is 17.7 Å². The van der Waals surface area contributed by atoms with Gasteiger partial charge in [0.1, 0.15) is 17.5 Å². The van der Waals surface area contributed by atoms with Gasteiger partial charge in [0.25, 0.3) is 0 Å². The molecular formula is C14H15ClN4O. The van der Waals surface area contributed by atoms with Gasteiger partial charge >= 0.3 is 0 Å². The van der Waals surface area contributed by atoms with Gasteiger partial charge in [-0.25, -0.2) is 0 Å². The first-order valence-electron chi connectivity index (χ1n) is 6.46. The van der Waals surface area contributed by atoms with Crippen LogP contribution in [0.5, 0.6) is 0 Å². The van der Waals surface area contributed by atoms with E-state index in [4.69, 9.17) is 11.6 Å². The van der Waals surface area contributed by atoms with E-state index in [9.17, 15) is 4.79 Å². The molecule has 0 aliphatic carbocycles. The highest BCUT2D eigenvalue weighted by molar-refractivity contribution is 6.23. The van der Waals surface area contributed by atoms with Crippen molar-refractivity contribution in [1.82, 2.24) is 15.3 Å². The lowest BCUT2D eigenvalue weighted by Crippen LogP contribution is -2.36. The van der Waals surface area contributed by atoms with E-state index >= 15 is 0 Å². The van der Waals surface area contributed by atoms with Crippen LogP contribution in [0, 0.1) is 12.8 Å². The van der Waals surface area contributed by atoms with E-state index in [2.05, 4.69) is 15.4 Å². The van der Waals surface area contributed by atoms with Crippen LogP contribution in [0.25, 0.3) is 0 Å². The molecule has 1 aromatic heterocycles. The molecule has 104 valence electrons. The lowest BCUT2D eigenvalue weighted by molar-refractivity contribution is 0.0927. The molecule has 0 saturated heterocycles. The second-order valence-electron chi connectivity index (χ2n) is 5.01. The molecule has 1 aromatic rings. The minimum absolute atomic E-state index is 0.0205. The zero-order chi connectivity index (χ0) is 14.3. The lowest BCUT2D eigenvalue weighted by atomic mass is 9.95. The fourth-order valence-electron chi connectivity index (χ4n) is 2.62. The number of nitrogens with one attached hydrogen (secondary N) is 1. The Hall–Kier alpha value is -1.88. The summed E-state index contributed by atoms with van der Waals surface area (Å²) < 4.78 is 0. The van der Waals surface area contributed by atoms with Crippen molar-refractivity contribution in [2.24, 2.45) is 11.0 Å². The number of hydrogen-bond donors (Lipinski definition) is 1. The fourth-order valence-corrected chi connectivity index (χ4v) is 2.96. The number of ketones is 1. The molecule has 2 aliphatic heterocycles. The van der Waals surface area contributed by atoms with Gasteiger partial charge in [-0.15, -0.1) is 0 Å². The highest BCUT2D eigenvalue weighted by atomic mass is 35.5. The van der Waals surface area contributed by atoms with Gasteiger partial charge in [0, 0.05) is 5.69 Å². The van der Waals surface area contributed by atoms with Crippen LogP contribution in [0.2, 0.25) is 0 Å². The average Bonchev–Trinajstić information content (AvgIpc) is 2.76. The Morgan fingerprint density at radius 2 is 2.25 bits per heavy atom. The van der Waals surface area contributed by atoms with Crippen LogP contribution >= 0.6 is 11.6 Å². The topological polar surface area (TPSA) is 57.6 Å². The SMILES string of the molecule is CC1=C2C(Cl)NC=NN2CC1C(=O)c1cccc(C)n1. The summed E-state index contributed by atoms with van der Waals surface area (Å²) in [6.45, 7) is 4.34. The number of alkyl halides is 1. The van der Waals surface area contributed by atoms with Crippen LogP contribution in [0.4, 0.5) is 0 Å². The summed E-state index contributed by atoms with van der Waals surface area (Å²) in [5, 5.41) is 8.95. The summed E-state index contributed by atoms with van der Waals surface area (Å²) in [5.74, 6) is -0.218. The first-order valence-corrected chi connectivity index (χ1v) is 6.90. The zero-order valence-electron chi connectivity index (χ0n) is 11.3. The first-order chi connectivity index (χ1) is 9.58. The summed E-state index contributed by atoms with van der Waals surface area (Å²) in [6.07, 6.45) is 1.56. The smallest absolute Gasteiger partial charge is 0.190 e. The number of aryl methyl sites for hydroxylation is 1. The predicted octanol–water partition coefficient (Wildman–Crippen LogP) is 1.89. The Morgan fingerprint density at radius 3 is 2.95 bits per heavy atom. The Labute approximate surface area is 122 Å². The Bertz CT molecular complexity index is 625. The van der Waals surface area contributed by atoms with Crippen LogP contribution in [-0.4, -0.2) is 34.2 Å². The third kappa shape index (κ3) is 2.08. The average molecular weight is 291 g/mol. The standard InChI is InChI=1S/C14H15ClN4O/c1-8-4-3-5-11(18-8)13(20)10-6-19-12(9(10)2)14(15)16-7-17-19/h3-5,7,10,14H,6H2,1-2H3,(H,16,17). The van der Waals surface area contributed by atoms with Crippen LogP contribution < -0.4 is 5.32 Å². The molecule has 0 radical (unpaired) electrons. The van der Waals surface area contributed by atoms with Crippen LogP contribution in [-0.2, 0) is 0 Å². The van der Waals surface area contributed by atoms with E-state index in [0.29, 0.717) is 12.2 Å². The van der Waals surface area contributed by atoms with Crippen molar-refractivity contribution in [3.63, 3.8) is 0 Å². The van der Waals surface area contributed by atoms with Crippen LogP contribution in [0.15, 0.2) is 34.6 Å². The highest BCUT2D eigenvalue weighted by Gasteiger charge is 2.38. The van der Waals surface area contributed by atoms with Crippen molar-refractivity contribution in [3.8, 4) is 0 Å². The second-order valence-corrected chi connectivity index (χ2v) is 5.44. The number of Topliss-reactive ketones (excluding diaryl/α,β-unsaturated/α-hetero) is 1. The largest absolute Gasteiger partial charge is 0.354 e. The Morgan fingerprint density at radius 1 is 1.45 bits per heavy atom. The quantitative estimate of drug-likeness (QED) is 0.513. The van der Waals surface area contributed by atoms with E-state index < -0.39 is 0 Å². The molecule has 2 atom stereocenters. The molecule has 6 heteroatoms. The normalized spacial score (nSPS) is 24.6. The summed E-state index contributed by atoms with van der Waals surface area (Å²) in [4.78, 5) is 16.9. The molecule has 20 heavy (non-hydrogen) atoms. The van der Waals surface area contributed by atoms with Crippen molar-refractivity contribution < 1.29 is 4.79 Å². The number of hydrogen-bond acceptors (Lipinski definition) is 5. The van der Waals surface area contributed by atoms with Crippen molar-refractivity contribution in [1.29, 1.82) is 0 Å². The Balaban J connectivity index is 1.93. The van der Waals surface area contributed by atoms with E-state index in [-0.39, 0.29) is 17.2 Å². The van der Waals surface area contributed by atoms with Crippen LogP contribution in [0.1, 0.15) is 23.1 Å². The van der Waals surface area contributed by atoms with Gasteiger partial charge < -0.3 is 5.32 Å². The van der Waals surface area contributed by atoms with E-state index in [1.165, 1.54) is 0 Å². The first kappa shape index (κ1) is 13.1. The Kier molecular flexibility index (Phi) is 3.22. The number of carbonyl (C=O) groups is 1. The summed E-state index contributed by atoms with van der Waals surface area (Å²) in [7, 11) is 0. The molecule has 0 spiro atoms. The van der Waals surface area contributed by atoms with E-state index in [0.717, 1.165) is 17.0 Å². The van der Waals surface area contributed by atoms with Gasteiger partial charge in [0.15, 0.2) is 5.78 Å². The molecule has 2 aliphatic rings. The van der Waals surface area contributed by atoms with Gasteiger partial charge in [0.2, 0.25) is 0 Å². The van der Waals surface area contributed by atoms with E-state index in [1.54, 1.807) is 17.4 Å². The molecule has 5 nitrogen and oxygen atoms in total. The van der Waals surface area contributed by atoms with Gasteiger partial charge in [0.05, 0.1) is 18.2 Å². The summed E-state index contributed by atoms with van der Waals surface area (Å²) >= 11 is 6.22.